The van der Waals surface area contributed by atoms with E-state index < -0.39 is 0 Å². The number of nitrogens with one attached hydrogen (secondary N) is 1. The fraction of sp³-hybridized carbons (Fsp3) is 0.526. The van der Waals surface area contributed by atoms with E-state index in [0.29, 0.717) is 5.69 Å². The molecule has 1 aliphatic heterocycles. The van der Waals surface area contributed by atoms with Crippen LogP contribution in [0.2, 0.25) is 0 Å². The molecule has 1 fully saturated rings. The molecule has 1 saturated heterocycles. The average Bonchev–Trinajstić information content (AvgIpc) is 3.19. The van der Waals surface area contributed by atoms with Gasteiger partial charge in [-0.25, -0.2) is 0 Å². The number of hydrogen-bond donors (Lipinski definition) is 1. The van der Waals surface area contributed by atoms with Crippen LogP contribution in [0.3, 0.4) is 0 Å². The molecule has 0 bridgehead atoms. The van der Waals surface area contributed by atoms with Gasteiger partial charge in [0.25, 0.3) is 0 Å². The van der Waals surface area contributed by atoms with Crippen molar-refractivity contribution in [1.82, 2.24) is 20.3 Å². The molecule has 1 unspecified atom stereocenters. The summed E-state index contributed by atoms with van der Waals surface area (Å²) in [5, 5.41) is 11.4. The van der Waals surface area contributed by atoms with Crippen LogP contribution in [-0.4, -0.2) is 34.1 Å². The Morgan fingerprint density at radius 2 is 2.16 bits per heavy atom. The van der Waals surface area contributed by atoms with E-state index in [1.807, 2.05) is 13.1 Å². The molecule has 132 valence electrons. The summed E-state index contributed by atoms with van der Waals surface area (Å²) in [6.07, 6.45) is 5.10. The summed E-state index contributed by atoms with van der Waals surface area (Å²) >= 11 is 0. The van der Waals surface area contributed by atoms with Crippen molar-refractivity contribution in [2.75, 3.05) is 13.2 Å². The topological polar surface area (TPSA) is 69.0 Å². The lowest BCUT2D eigenvalue weighted by Crippen LogP contribution is -2.42. The van der Waals surface area contributed by atoms with Gasteiger partial charge in [-0.15, -0.1) is 5.10 Å². The van der Waals surface area contributed by atoms with Gasteiger partial charge in [0, 0.05) is 31.4 Å². The smallest absolute Gasteiger partial charge is 0.226 e. The highest BCUT2D eigenvalue weighted by Crippen LogP contribution is 2.51. The lowest BCUT2D eigenvalue weighted by Gasteiger charge is -2.39. The van der Waals surface area contributed by atoms with E-state index in [4.69, 9.17) is 4.74 Å². The Balaban J connectivity index is 1.54. The minimum atomic E-state index is 0.00993. The number of carbonyl (C=O) groups excluding carboxylic acids is 1. The number of nitrogens with zero attached hydrogens (tertiary/aromatic N) is 3. The predicted molar refractivity (Wildman–Crippen MR) is 92.9 cm³/mol. The lowest BCUT2D eigenvalue weighted by molar-refractivity contribution is -0.123. The Hall–Kier alpha value is -2.21. The van der Waals surface area contributed by atoms with Crippen LogP contribution >= 0.6 is 0 Å². The van der Waals surface area contributed by atoms with E-state index in [2.05, 4.69) is 39.9 Å². The molecule has 6 nitrogen and oxygen atoms in total. The number of amides is 1. The van der Waals surface area contributed by atoms with Gasteiger partial charge >= 0.3 is 0 Å². The molecule has 2 aromatic rings. The third-order valence-corrected chi connectivity index (χ3v) is 5.57. The van der Waals surface area contributed by atoms with Gasteiger partial charge in [-0.2, -0.15) is 0 Å². The molecular formula is C19H24N4O2. The monoisotopic (exact) mass is 340 g/mol. The second-order valence-electron chi connectivity index (χ2n) is 7.09. The van der Waals surface area contributed by atoms with Crippen LogP contribution in [-0.2, 0) is 28.9 Å². The molecule has 6 heteroatoms. The van der Waals surface area contributed by atoms with Crippen LogP contribution in [0.4, 0.5) is 0 Å². The number of carbonyl (C=O) groups is 1. The van der Waals surface area contributed by atoms with Crippen LogP contribution in [0.5, 0.6) is 0 Å². The van der Waals surface area contributed by atoms with Crippen LogP contribution in [0.1, 0.15) is 42.6 Å². The maximum Gasteiger partial charge on any atom is 0.226 e. The molecule has 2 heterocycles. The fourth-order valence-corrected chi connectivity index (χ4v) is 4.21. The Labute approximate surface area is 147 Å². The van der Waals surface area contributed by atoms with E-state index in [-0.39, 0.29) is 23.8 Å². The molecule has 1 aromatic carbocycles. The summed E-state index contributed by atoms with van der Waals surface area (Å²) in [5.74, 6) is 0.00993. The molecule has 1 aliphatic carbocycles. The number of benzene rings is 1. The first-order chi connectivity index (χ1) is 12.2. The number of aryl methyl sites for hydroxylation is 1. The van der Waals surface area contributed by atoms with Crippen molar-refractivity contribution in [3.63, 3.8) is 0 Å². The first-order valence-corrected chi connectivity index (χ1v) is 9.04. The molecule has 1 N–H and O–H groups in total. The minimum Gasteiger partial charge on any atom is -0.381 e. The van der Waals surface area contributed by atoms with Crippen molar-refractivity contribution in [3.05, 3.63) is 47.3 Å². The van der Waals surface area contributed by atoms with Crippen molar-refractivity contribution in [1.29, 1.82) is 0 Å². The normalized spacial score (nSPS) is 21.2. The molecule has 1 aromatic heterocycles. The van der Waals surface area contributed by atoms with Crippen molar-refractivity contribution in [2.24, 2.45) is 5.41 Å². The Kier molecular flexibility index (Phi) is 4.29. The first-order valence-electron chi connectivity index (χ1n) is 9.04. The number of ether oxygens (including phenoxy) is 1. The zero-order valence-corrected chi connectivity index (χ0v) is 14.6. The summed E-state index contributed by atoms with van der Waals surface area (Å²) < 4.78 is 7.33. The van der Waals surface area contributed by atoms with E-state index in [1.165, 1.54) is 11.1 Å². The standard InChI is InChI=1S/C19H24N4O2/c1-2-23-13-15(21-22-23)11-17(24)20-18-16-6-4-3-5-14(16)12-19(18)7-9-25-10-8-19/h3-6,13,18H,2,7-12H2,1H3,(H,20,24). The molecule has 1 amide bonds. The third kappa shape index (κ3) is 3.06. The van der Waals surface area contributed by atoms with Crippen molar-refractivity contribution in [2.45, 2.75) is 45.2 Å². The molecular weight excluding hydrogens is 316 g/mol. The van der Waals surface area contributed by atoms with Gasteiger partial charge in [-0.05, 0) is 37.3 Å². The van der Waals surface area contributed by atoms with Crippen LogP contribution in [0.25, 0.3) is 0 Å². The Bertz CT molecular complexity index is 764. The van der Waals surface area contributed by atoms with Gasteiger partial charge in [0.1, 0.15) is 0 Å². The first kappa shape index (κ1) is 16.3. The molecule has 0 radical (unpaired) electrons. The highest BCUT2D eigenvalue weighted by atomic mass is 16.5. The number of aromatic nitrogens is 3. The number of fused-ring (bicyclic) bond motifs is 1. The van der Waals surface area contributed by atoms with Crippen molar-refractivity contribution >= 4 is 5.91 Å². The minimum absolute atomic E-state index is 0.00993. The van der Waals surface area contributed by atoms with Crippen molar-refractivity contribution in [3.8, 4) is 0 Å². The molecule has 2 aliphatic rings. The number of rotatable bonds is 4. The second-order valence-corrected chi connectivity index (χ2v) is 7.09. The Morgan fingerprint density at radius 3 is 2.92 bits per heavy atom. The average molecular weight is 340 g/mol. The maximum absolute atomic E-state index is 12.7. The molecule has 25 heavy (non-hydrogen) atoms. The van der Waals surface area contributed by atoms with Gasteiger partial charge in [-0.3, -0.25) is 9.48 Å². The van der Waals surface area contributed by atoms with Gasteiger partial charge in [-0.1, -0.05) is 29.5 Å². The van der Waals surface area contributed by atoms with Gasteiger partial charge < -0.3 is 10.1 Å². The number of hydrogen-bond acceptors (Lipinski definition) is 4. The van der Waals surface area contributed by atoms with Gasteiger partial charge in [0.2, 0.25) is 5.91 Å². The van der Waals surface area contributed by atoms with Gasteiger partial charge in [0.15, 0.2) is 0 Å². The predicted octanol–water partition coefficient (Wildman–Crippen LogP) is 2.05. The van der Waals surface area contributed by atoms with Crippen LogP contribution < -0.4 is 5.32 Å². The highest BCUT2D eigenvalue weighted by molar-refractivity contribution is 5.78. The van der Waals surface area contributed by atoms with Gasteiger partial charge in [0.05, 0.1) is 18.2 Å². The summed E-state index contributed by atoms with van der Waals surface area (Å²) in [5.41, 5.74) is 3.41. The highest BCUT2D eigenvalue weighted by Gasteiger charge is 2.47. The van der Waals surface area contributed by atoms with E-state index >= 15 is 0 Å². The third-order valence-electron chi connectivity index (χ3n) is 5.57. The SMILES string of the molecule is CCn1cc(CC(=O)NC2c3ccccc3CC23CCOCC3)nn1. The van der Waals surface area contributed by atoms with E-state index in [1.54, 1.807) is 4.68 Å². The van der Waals surface area contributed by atoms with Crippen LogP contribution in [0.15, 0.2) is 30.5 Å². The Morgan fingerprint density at radius 1 is 1.36 bits per heavy atom. The summed E-state index contributed by atoms with van der Waals surface area (Å²) in [6.45, 7) is 4.30. The van der Waals surface area contributed by atoms with Crippen molar-refractivity contribution < 1.29 is 9.53 Å². The van der Waals surface area contributed by atoms with E-state index in [0.717, 1.165) is 39.0 Å². The fourth-order valence-electron chi connectivity index (χ4n) is 4.21. The summed E-state index contributed by atoms with van der Waals surface area (Å²) in [7, 11) is 0. The summed E-state index contributed by atoms with van der Waals surface area (Å²) in [4.78, 5) is 12.7. The quantitative estimate of drug-likeness (QED) is 0.925. The molecule has 1 atom stereocenters. The molecule has 1 spiro atoms. The largest absolute Gasteiger partial charge is 0.381 e. The zero-order valence-electron chi connectivity index (χ0n) is 14.6. The summed E-state index contributed by atoms with van der Waals surface area (Å²) in [6, 6.07) is 8.53. The molecule has 4 rings (SSSR count). The van der Waals surface area contributed by atoms with Crippen LogP contribution in [0, 0.1) is 5.41 Å². The second kappa shape index (κ2) is 6.59. The lowest BCUT2D eigenvalue weighted by atomic mass is 9.74. The molecule has 0 saturated carbocycles. The maximum atomic E-state index is 12.7. The van der Waals surface area contributed by atoms with E-state index in [9.17, 15) is 4.79 Å². The zero-order chi connectivity index (χ0) is 17.3.